The van der Waals surface area contributed by atoms with Crippen LogP contribution in [0.25, 0.3) is 0 Å². The fourth-order valence-electron chi connectivity index (χ4n) is 2.60. The Kier molecular flexibility index (Phi) is 7.38. The second-order valence-electron chi connectivity index (χ2n) is 6.67. The third-order valence-corrected chi connectivity index (χ3v) is 4.08. The van der Waals surface area contributed by atoms with E-state index in [0.717, 1.165) is 5.56 Å². The number of hydrogen-bond acceptors (Lipinski definition) is 6. The lowest BCUT2D eigenvalue weighted by molar-refractivity contribution is -0.167. The van der Waals surface area contributed by atoms with Crippen LogP contribution < -0.4 is 5.32 Å². The summed E-state index contributed by atoms with van der Waals surface area (Å²) in [6.07, 6.45) is 0.0589. The van der Waals surface area contributed by atoms with Crippen LogP contribution >= 0.6 is 0 Å². The molecule has 7 nitrogen and oxygen atoms in total. The normalized spacial score (nSPS) is 20.3. The molecule has 1 fully saturated rings. The molecule has 1 unspecified atom stereocenters. The van der Waals surface area contributed by atoms with Crippen molar-refractivity contribution in [1.82, 2.24) is 5.32 Å². The number of ether oxygens (including phenoxy) is 4. The van der Waals surface area contributed by atoms with Crippen LogP contribution in [-0.2, 0) is 30.3 Å². The van der Waals surface area contributed by atoms with E-state index in [2.05, 4.69) is 11.9 Å². The molecule has 0 spiro atoms. The van der Waals surface area contributed by atoms with Crippen molar-refractivity contribution in [3.63, 3.8) is 0 Å². The minimum Gasteiger partial charge on any atom is -0.454 e. The Balaban J connectivity index is 1.85. The van der Waals surface area contributed by atoms with E-state index in [0.29, 0.717) is 13.0 Å². The number of benzene rings is 1. The van der Waals surface area contributed by atoms with Crippen LogP contribution in [0.5, 0.6) is 0 Å². The van der Waals surface area contributed by atoms with Gasteiger partial charge in [0.1, 0.15) is 24.9 Å². The molecule has 0 radical (unpaired) electrons. The lowest BCUT2D eigenvalue weighted by Crippen LogP contribution is -2.44. The topological polar surface area (TPSA) is 83.1 Å². The molecule has 1 aromatic carbocycles. The summed E-state index contributed by atoms with van der Waals surface area (Å²) in [7, 11) is 0. The van der Waals surface area contributed by atoms with Crippen molar-refractivity contribution in [2.24, 2.45) is 0 Å². The average molecular weight is 377 g/mol. The molecule has 27 heavy (non-hydrogen) atoms. The third-order valence-electron chi connectivity index (χ3n) is 4.08. The minimum absolute atomic E-state index is 0.121. The first-order valence-electron chi connectivity index (χ1n) is 8.96. The van der Waals surface area contributed by atoms with Gasteiger partial charge >= 0.3 is 12.1 Å². The molecule has 1 N–H and O–H groups in total. The largest absolute Gasteiger partial charge is 0.454 e. The van der Waals surface area contributed by atoms with Gasteiger partial charge in [-0.25, -0.2) is 9.59 Å². The van der Waals surface area contributed by atoms with Gasteiger partial charge in [-0.05, 0) is 31.9 Å². The van der Waals surface area contributed by atoms with Crippen LogP contribution in [0.2, 0.25) is 0 Å². The van der Waals surface area contributed by atoms with Crippen LogP contribution in [-0.4, -0.2) is 42.7 Å². The zero-order chi connectivity index (χ0) is 19.9. The van der Waals surface area contributed by atoms with Crippen molar-refractivity contribution in [3.05, 3.63) is 48.6 Å². The molecule has 3 atom stereocenters. The summed E-state index contributed by atoms with van der Waals surface area (Å²) in [5.41, 5.74) is 0.857. The molecule has 1 aliphatic rings. The molecule has 1 aliphatic heterocycles. The average Bonchev–Trinajstić information content (AvgIpc) is 3.02. The predicted octanol–water partition coefficient (Wildman–Crippen LogP) is 2.94. The minimum atomic E-state index is -0.828. The zero-order valence-corrected chi connectivity index (χ0v) is 16.0. The van der Waals surface area contributed by atoms with Crippen molar-refractivity contribution in [3.8, 4) is 0 Å². The fraction of sp³-hybridized carbons (Fsp3) is 0.500. The quantitative estimate of drug-likeness (QED) is 0.554. The van der Waals surface area contributed by atoms with Gasteiger partial charge in [0.25, 0.3) is 0 Å². The molecule has 1 aromatic rings. The van der Waals surface area contributed by atoms with Gasteiger partial charge in [0.2, 0.25) is 0 Å². The molecule has 0 saturated carbocycles. The second-order valence-corrected chi connectivity index (χ2v) is 6.67. The molecule has 1 saturated heterocycles. The summed E-state index contributed by atoms with van der Waals surface area (Å²) in [6.45, 7) is 9.44. The first-order chi connectivity index (χ1) is 12.8. The van der Waals surface area contributed by atoms with E-state index in [1.165, 1.54) is 6.08 Å². The molecular weight excluding hydrogens is 350 g/mol. The number of alkyl carbamates (subject to hydrolysis) is 1. The highest BCUT2D eigenvalue weighted by atomic mass is 16.8. The maximum absolute atomic E-state index is 12.4. The highest BCUT2D eigenvalue weighted by Gasteiger charge is 2.38. The number of hydrogen-bond donors (Lipinski definition) is 1. The van der Waals surface area contributed by atoms with E-state index in [-0.39, 0.29) is 6.61 Å². The third kappa shape index (κ3) is 6.37. The van der Waals surface area contributed by atoms with Gasteiger partial charge in [-0.1, -0.05) is 43.8 Å². The highest BCUT2D eigenvalue weighted by molar-refractivity contribution is 5.81. The van der Waals surface area contributed by atoms with Gasteiger partial charge in [0, 0.05) is 0 Å². The van der Waals surface area contributed by atoms with Gasteiger partial charge in [-0.15, -0.1) is 0 Å². The number of nitrogens with one attached hydrogen (secondary N) is 1. The summed E-state index contributed by atoms with van der Waals surface area (Å²) in [4.78, 5) is 24.4. The Morgan fingerprint density at radius 2 is 2.07 bits per heavy atom. The van der Waals surface area contributed by atoms with Crippen molar-refractivity contribution in [1.29, 1.82) is 0 Å². The number of carbonyl (C=O) groups excluding carboxylic acids is 2. The van der Waals surface area contributed by atoms with Gasteiger partial charge < -0.3 is 24.3 Å². The van der Waals surface area contributed by atoms with Crippen LogP contribution in [0, 0.1) is 0 Å². The van der Waals surface area contributed by atoms with E-state index in [4.69, 9.17) is 18.9 Å². The van der Waals surface area contributed by atoms with Gasteiger partial charge in [0.05, 0.1) is 6.61 Å². The Morgan fingerprint density at radius 3 is 2.63 bits per heavy atom. The van der Waals surface area contributed by atoms with Crippen molar-refractivity contribution in [2.75, 3.05) is 6.61 Å². The Labute approximate surface area is 159 Å². The predicted molar refractivity (Wildman–Crippen MR) is 98.8 cm³/mol. The molecule has 1 heterocycles. The smallest absolute Gasteiger partial charge is 0.408 e. The van der Waals surface area contributed by atoms with E-state index in [1.807, 2.05) is 30.3 Å². The van der Waals surface area contributed by atoms with Gasteiger partial charge in [-0.2, -0.15) is 0 Å². The van der Waals surface area contributed by atoms with Crippen LogP contribution in [0.4, 0.5) is 4.79 Å². The van der Waals surface area contributed by atoms with E-state index in [9.17, 15) is 9.59 Å². The Morgan fingerprint density at radius 1 is 1.37 bits per heavy atom. The summed E-state index contributed by atoms with van der Waals surface area (Å²) < 4.78 is 21.8. The van der Waals surface area contributed by atoms with Crippen molar-refractivity contribution < 1.29 is 28.5 Å². The lowest BCUT2D eigenvalue weighted by Gasteiger charge is -2.24. The SMILES string of the molecule is C=C[C@H](OC(=O)C(CC)NC(=O)OCc1ccccc1)[C@H]1COC(C)(C)O1. The van der Waals surface area contributed by atoms with Gasteiger partial charge in [-0.3, -0.25) is 0 Å². The van der Waals surface area contributed by atoms with Gasteiger partial charge in [0.15, 0.2) is 5.79 Å². The molecule has 2 rings (SSSR count). The van der Waals surface area contributed by atoms with Crippen molar-refractivity contribution >= 4 is 12.1 Å². The van der Waals surface area contributed by atoms with Crippen LogP contribution in [0.15, 0.2) is 43.0 Å². The molecule has 1 amide bonds. The van der Waals surface area contributed by atoms with E-state index >= 15 is 0 Å². The van der Waals surface area contributed by atoms with Crippen LogP contribution in [0.1, 0.15) is 32.8 Å². The Hall–Kier alpha value is -2.38. The monoisotopic (exact) mass is 377 g/mol. The summed E-state index contributed by atoms with van der Waals surface area (Å²) in [6, 6.07) is 8.45. The standard InChI is InChI=1S/C20H27NO6/c1-5-15(21-19(23)24-12-14-10-8-7-9-11-14)18(22)26-16(6-2)17-13-25-20(3,4)27-17/h6-11,15-17H,2,5,12-13H2,1,3-4H3,(H,21,23)/t15?,16-,17+/m0/s1. The number of esters is 1. The number of amides is 1. The molecular formula is C20H27NO6. The highest BCUT2D eigenvalue weighted by Crippen LogP contribution is 2.26. The first-order valence-corrected chi connectivity index (χ1v) is 8.96. The molecule has 0 aliphatic carbocycles. The molecule has 0 aromatic heterocycles. The summed E-state index contributed by atoms with van der Waals surface area (Å²) >= 11 is 0. The number of rotatable bonds is 8. The molecule has 0 bridgehead atoms. The van der Waals surface area contributed by atoms with Crippen LogP contribution in [0.3, 0.4) is 0 Å². The summed E-state index contributed by atoms with van der Waals surface area (Å²) in [5.74, 6) is -1.31. The molecule has 148 valence electrons. The number of carbonyl (C=O) groups is 2. The first kappa shape index (κ1) is 20.9. The Bertz CT molecular complexity index is 645. The zero-order valence-electron chi connectivity index (χ0n) is 16.0. The summed E-state index contributed by atoms with van der Waals surface area (Å²) in [5, 5.41) is 2.53. The maximum atomic E-state index is 12.4. The fourth-order valence-corrected chi connectivity index (χ4v) is 2.60. The van der Waals surface area contributed by atoms with E-state index in [1.54, 1.807) is 20.8 Å². The lowest BCUT2D eigenvalue weighted by atomic mass is 10.2. The molecule has 7 heteroatoms. The van der Waals surface area contributed by atoms with E-state index < -0.39 is 36.1 Å². The van der Waals surface area contributed by atoms with Crippen molar-refractivity contribution in [2.45, 2.75) is 57.8 Å². The maximum Gasteiger partial charge on any atom is 0.408 e. The second kappa shape index (κ2) is 9.53.